The van der Waals surface area contributed by atoms with Crippen molar-refractivity contribution in [3.63, 3.8) is 0 Å². The molecule has 2 unspecified atom stereocenters. The van der Waals surface area contributed by atoms with Crippen molar-refractivity contribution in [2.45, 2.75) is 19.4 Å². The number of halogens is 2. The summed E-state index contributed by atoms with van der Waals surface area (Å²) >= 11 is 6.01. The second-order valence-corrected chi connectivity index (χ2v) is 8.69. The molecular weight excluding hydrogens is 393 g/mol. The first-order valence-electron chi connectivity index (χ1n) is 9.93. The predicted molar refractivity (Wildman–Crippen MR) is 109 cm³/mol. The summed E-state index contributed by atoms with van der Waals surface area (Å²) in [6, 6.07) is 8.44. The molecule has 0 radical (unpaired) electrons. The Bertz CT molecular complexity index is 882. The molecule has 5 nitrogen and oxygen atoms in total. The molecule has 2 aliphatic rings. The van der Waals surface area contributed by atoms with Gasteiger partial charge in [0.1, 0.15) is 5.82 Å². The third-order valence-electron chi connectivity index (χ3n) is 6.25. The van der Waals surface area contributed by atoms with Crippen LogP contribution in [0.1, 0.15) is 17.5 Å². The Labute approximate surface area is 175 Å². The molecule has 7 heteroatoms. The van der Waals surface area contributed by atoms with Crippen molar-refractivity contribution in [1.82, 2.24) is 14.8 Å². The van der Waals surface area contributed by atoms with Gasteiger partial charge in [-0.05, 0) is 42.2 Å². The van der Waals surface area contributed by atoms with Gasteiger partial charge in [0.2, 0.25) is 5.91 Å². The normalized spacial score (nSPS) is 24.1. The first-order chi connectivity index (χ1) is 14.0. The molecule has 0 saturated carbocycles. The van der Waals surface area contributed by atoms with E-state index in [9.17, 15) is 14.3 Å². The average Bonchev–Trinajstić information content (AvgIpc) is 3.24. The van der Waals surface area contributed by atoms with Crippen LogP contribution in [0.4, 0.5) is 4.39 Å². The SMILES string of the molecule is O=C(CCc1cccnc1)N1CC2CN(Cc3cc(Cl)ccc3F)CC2(CO)C1. The number of pyridine rings is 1. The van der Waals surface area contributed by atoms with Crippen molar-refractivity contribution >= 4 is 17.5 Å². The molecule has 0 aliphatic carbocycles. The van der Waals surface area contributed by atoms with Crippen LogP contribution in [0.5, 0.6) is 0 Å². The van der Waals surface area contributed by atoms with E-state index in [1.54, 1.807) is 24.5 Å². The molecule has 154 valence electrons. The maximum atomic E-state index is 14.1. The van der Waals surface area contributed by atoms with E-state index in [2.05, 4.69) is 9.88 Å². The largest absolute Gasteiger partial charge is 0.396 e. The number of amides is 1. The maximum absolute atomic E-state index is 14.1. The molecular formula is C22H25ClFN3O2. The van der Waals surface area contributed by atoms with E-state index < -0.39 is 0 Å². The molecule has 0 spiro atoms. The highest BCUT2D eigenvalue weighted by Crippen LogP contribution is 2.43. The van der Waals surface area contributed by atoms with Crippen LogP contribution in [-0.2, 0) is 17.8 Å². The molecule has 0 bridgehead atoms. The zero-order valence-electron chi connectivity index (χ0n) is 16.2. The summed E-state index contributed by atoms with van der Waals surface area (Å²) in [7, 11) is 0. The fourth-order valence-electron chi connectivity index (χ4n) is 4.69. The van der Waals surface area contributed by atoms with Gasteiger partial charge < -0.3 is 10.0 Å². The number of aromatic nitrogens is 1. The Hall–Kier alpha value is -2.02. The van der Waals surface area contributed by atoms with Gasteiger partial charge in [-0.25, -0.2) is 4.39 Å². The number of aliphatic hydroxyl groups is 1. The van der Waals surface area contributed by atoms with E-state index in [-0.39, 0.29) is 29.7 Å². The van der Waals surface area contributed by atoms with E-state index in [1.165, 1.54) is 6.07 Å². The highest BCUT2D eigenvalue weighted by molar-refractivity contribution is 6.30. The van der Waals surface area contributed by atoms with Crippen molar-refractivity contribution in [1.29, 1.82) is 0 Å². The molecule has 2 atom stereocenters. The fourth-order valence-corrected chi connectivity index (χ4v) is 4.88. The molecule has 1 aromatic heterocycles. The Kier molecular flexibility index (Phi) is 5.86. The number of benzene rings is 1. The van der Waals surface area contributed by atoms with Gasteiger partial charge in [-0.3, -0.25) is 14.7 Å². The lowest BCUT2D eigenvalue weighted by atomic mass is 9.82. The van der Waals surface area contributed by atoms with Crippen LogP contribution in [0, 0.1) is 17.2 Å². The topological polar surface area (TPSA) is 56.7 Å². The molecule has 1 N–H and O–H groups in total. The fraction of sp³-hybridized carbons (Fsp3) is 0.455. The lowest BCUT2D eigenvalue weighted by Gasteiger charge is -2.27. The summed E-state index contributed by atoms with van der Waals surface area (Å²) in [5, 5.41) is 10.7. The van der Waals surface area contributed by atoms with Gasteiger partial charge in [0.25, 0.3) is 0 Å². The maximum Gasteiger partial charge on any atom is 0.222 e. The van der Waals surface area contributed by atoms with Crippen molar-refractivity contribution in [2.75, 3.05) is 32.8 Å². The molecule has 3 heterocycles. The van der Waals surface area contributed by atoms with Crippen molar-refractivity contribution < 1.29 is 14.3 Å². The number of carbonyl (C=O) groups excluding carboxylic acids is 1. The highest BCUT2D eigenvalue weighted by Gasteiger charge is 2.52. The third kappa shape index (κ3) is 4.29. The number of hydrogen-bond acceptors (Lipinski definition) is 4. The minimum Gasteiger partial charge on any atom is -0.396 e. The molecule has 2 aromatic rings. The quantitative estimate of drug-likeness (QED) is 0.785. The first kappa shape index (κ1) is 20.3. The monoisotopic (exact) mass is 417 g/mol. The van der Waals surface area contributed by atoms with Crippen LogP contribution < -0.4 is 0 Å². The second-order valence-electron chi connectivity index (χ2n) is 8.26. The molecule has 4 rings (SSSR count). The summed E-state index contributed by atoms with van der Waals surface area (Å²) < 4.78 is 14.1. The van der Waals surface area contributed by atoms with E-state index in [0.29, 0.717) is 49.6 Å². The molecule has 2 fully saturated rings. The Morgan fingerprint density at radius 2 is 2.17 bits per heavy atom. The van der Waals surface area contributed by atoms with E-state index in [1.807, 2.05) is 17.0 Å². The van der Waals surface area contributed by atoms with Gasteiger partial charge in [-0.2, -0.15) is 0 Å². The minimum absolute atomic E-state index is 0.0264. The number of fused-ring (bicyclic) bond motifs is 1. The molecule has 29 heavy (non-hydrogen) atoms. The van der Waals surface area contributed by atoms with E-state index in [4.69, 9.17) is 11.6 Å². The van der Waals surface area contributed by atoms with Crippen LogP contribution >= 0.6 is 11.6 Å². The minimum atomic E-state index is -0.334. The average molecular weight is 418 g/mol. The smallest absolute Gasteiger partial charge is 0.222 e. The van der Waals surface area contributed by atoms with Crippen LogP contribution in [0.2, 0.25) is 5.02 Å². The van der Waals surface area contributed by atoms with Gasteiger partial charge in [-0.1, -0.05) is 17.7 Å². The number of carbonyl (C=O) groups is 1. The van der Waals surface area contributed by atoms with Crippen molar-refractivity contribution in [2.24, 2.45) is 11.3 Å². The Balaban J connectivity index is 1.37. The zero-order valence-corrected chi connectivity index (χ0v) is 17.0. The van der Waals surface area contributed by atoms with Crippen molar-refractivity contribution in [3.8, 4) is 0 Å². The molecule has 1 aromatic carbocycles. The third-order valence-corrected chi connectivity index (χ3v) is 6.48. The Morgan fingerprint density at radius 1 is 1.31 bits per heavy atom. The van der Waals surface area contributed by atoms with Crippen LogP contribution in [0.25, 0.3) is 0 Å². The summed E-state index contributed by atoms with van der Waals surface area (Å²) in [5.41, 5.74) is 1.28. The Morgan fingerprint density at radius 3 is 2.90 bits per heavy atom. The number of nitrogens with zero attached hydrogens (tertiary/aromatic N) is 3. The number of aryl methyl sites for hydroxylation is 1. The van der Waals surface area contributed by atoms with Crippen LogP contribution in [0.15, 0.2) is 42.7 Å². The predicted octanol–water partition coefficient (Wildman–Crippen LogP) is 2.76. The highest BCUT2D eigenvalue weighted by atomic mass is 35.5. The second kappa shape index (κ2) is 8.38. The van der Waals surface area contributed by atoms with E-state index in [0.717, 1.165) is 12.1 Å². The number of hydrogen-bond donors (Lipinski definition) is 1. The molecule has 2 saturated heterocycles. The zero-order chi connectivity index (χ0) is 20.4. The molecule has 2 aliphatic heterocycles. The molecule has 1 amide bonds. The van der Waals surface area contributed by atoms with Gasteiger partial charge >= 0.3 is 0 Å². The summed E-state index contributed by atoms with van der Waals surface area (Å²) in [4.78, 5) is 20.8. The summed E-state index contributed by atoms with van der Waals surface area (Å²) in [5.74, 6) is 0.0392. The lowest BCUT2D eigenvalue weighted by molar-refractivity contribution is -0.130. The van der Waals surface area contributed by atoms with Gasteiger partial charge in [0.05, 0.1) is 6.61 Å². The summed E-state index contributed by atoms with van der Waals surface area (Å²) in [6.07, 6.45) is 4.62. The first-order valence-corrected chi connectivity index (χ1v) is 10.3. The van der Waals surface area contributed by atoms with Gasteiger partial charge in [0.15, 0.2) is 0 Å². The van der Waals surface area contributed by atoms with E-state index >= 15 is 0 Å². The van der Waals surface area contributed by atoms with Crippen LogP contribution in [-0.4, -0.2) is 58.6 Å². The van der Waals surface area contributed by atoms with Crippen LogP contribution in [0.3, 0.4) is 0 Å². The van der Waals surface area contributed by atoms with Gasteiger partial charge in [-0.15, -0.1) is 0 Å². The lowest BCUT2D eigenvalue weighted by Crippen LogP contribution is -2.39. The van der Waals surface area contributed by atoms with Crippen molar-refractivity contribution in [3.05, 3.63) is 64.7 Å². The van der Waals surface area contributed by atoms with Gasteiger partial charge in [0, 0.05) is 67.5 Å². The number of likely N-dealkylation sites (tertiary alicyclic amines) is 2. The number of rotatable bonds is 6. The summed E-state index contributed by atoms with van der Waals surface area (Å²) in [6.45, 7) is 3.05. The number of aliphatic hydroxyl groups excluding tert-OH is 1. The standard InChI is InChI=1S/C22H25ClFN3O2/c23-19-4-5-20(24)17(8-19)10-26-11-18-12-27(14-22(18,13-26)15-28)21(29)6-3-16-2-1-7-25-9-16/h1-2,4-5,7-9,18,28H,3,6,10-15H2.